The molecule has 21 heavy (non-hydrogen) atoms. The van der Waals surface area contributed by atoms with Gasteiger partial charge in [-0.25, -0.2) is 0 Å². The summed E-state index contributed by atoms with van der Waals surface area (Å²) in [4.78, 5) is 0. The molecule has 0 spiro atoms. The summed E-state index contributed by atoms with van der Waals surface area (Å²) in [6, 6.07) is 17.3. The van der Waals surface area contributed by atoms with Crippen LogP contribution in [0.15, 0.2) is 48.5 Å². The second-order valence-electron chi connectivity index (χ2n) is 5.22. The first-order chi connectivity index (χ1) is 10.2. The minimum atomic E-state index is 0.833. The lowest BCUT2D eigenvalue weighted by molar-refractivity contribution is 0.737. The third-order valence-electron chi connectivity index (χ3n) is 2.71. The molecule has 0 saturated carbocycles. The monoisotopic (exact) mass is 284 g/mol. The van der Waals surface area contributed by atoms with Crippen LogP contribution in [0.4, 0.5) is 0 Å². The van der Waals surface area contributed by atoms with E-state index >= 15 is 0 Å². The van der Waals surface area contributed by atoms with E-state index in [1.54, 1.807) is 0 Å². The van der Waals surface area contributed by atoms with E-state index < -0.39 is 0 Å². The van der Waals surface area contributed by atoms with Gasteiger partial charge < -0.3 is 0 Å². The van der Waals surface area contributed by atoms with Gasteiger partial charge in [0.25, 0.3) is 0 Å². The molecule has 0 saturated heterocycles. The van der Waals surface area contributed by atoms with Crippen LogP contribution in [0, 0.1) is 5.92 Å². The van der Waals surface area contributed by atoms with Crippen LogP contribution in [0.5, 0.6) is 0 Å². The molecular formula is C21H32. The Kier molecular flexibility index (Phi) is 10.3. The zero-order chi connectivity index (χ0) is 16.3. The van der Waals surface area contributed by atoms with Crippen molar-refractivity contribution in [1.29, 1.82) is 0 Å². The van der Waals surface area contributed by atoms with Crippen LogP contribution in [-0.4, -0.2) is 0 Å². The smallest absolute Gasteiger partial charge is 0.00135 e. The summed E-state index contributed by atoms with van der Waals surface area (Å²) in [5.41, 5.74) is 5.75. The lowest BCUT2D eigenvalue weighted by Gasteiger charge is -1.98. The molecule has 0 atom stereocenters. The number of hydrogen-bond donors (Lipinski definition) is 0. The summed E-state index contributed by atoms with van der Waals surface area (Å²) in [5, 5.41) is 0. The van der Waals surface area contributed by atoms with Gasteiger partial charge in [-0.3, -0.25) is 0 Å². The van der Waals surface area contributed by atoms with Gasteiger partial charge in [-0.05, 0) is 34.6 Å². The molecule has 2 aromatic rings. The molecule has 0 aromatic heterocycles. The van der Waals surface area contributed by atoms with Crippen LogP contribution < -0.4 is 0 Å². The molecule has 3 rings (SSSR count). The van der Waals surface area contributed by atoms with Crippen molar-refractivity contribution in [3.8, 4) is 11.1 Å². The van der Waals surface area contributed by atoms with Gasteiger partial charge in [-0.2, -0.15) is 0 Å². The summed E-state index contributed by atoms with van der Waals surface area (Å²) in [5.74, 6) is 0.833. The zero-order valence-electron chi connectivity index (χ0n) is 14.9. The SMILES string of the molecule is CC.CC.CC(C)C.c1ccc2c(c1)Cc1ccccc1-2. The maximum Gasteiger partial charge on any atom is -0.00135 e. The number of rotatable bonds is 0. The molecule has 0 fully saturated rings. The van der Waals surface area contributed by atoms with Crippen molar-refractivity contribution >= 4 is 0 Å². The van der Waals surface area contributed by atoms with Crippen molar-refractivity contribution in [2.24, 2.45) is 5.92 Å². The highest BCUT2D eigenvalue weighted by atomic mass is 14.2. The topological polar surface area (TPSA) is 0 Å². The molecule has 0 radical (unpaired) electrons. The summed E-state index contributed by atoms with van der Waals surface area (Å²) < 4.78 is 0. The Morgan fingerprint density at radius 2 is 0.905 bits per heavy atom. The standard InChI is InChI=1S/C13H10.C4H10.2C2H6/c1-3-7-12-10(5-1)9-11-6-2-4-8-13(11)12;1-4(2)3;2*1-2/h1-8H,9H2;4H,1-3H3;2*1-2H3. The van der Waals surface area contributed by atoms with Crippen LogP contribution in [0.25, 0.3) is 11.1 Å². The van der Waals surface area contributed by atoms with E-state index in [1.165, 1.54) is 22.3 Å². The molecule has 0 amide bonds. The maximum absolute atomic E-state index is 2.22. The molecule has 0 aliphatic heterocycles. The van der Waals surface area contributed by atoms with Crippen LogP contribution in [0.3, 0.4) is 0 Å². The van der Waals surface area contributed by atoms with Crippen molar-refractivity contribution < 1.29 is 0 Å². The van der Waals surface area contributed by atoms with Gasteiger partial charge in [0.2, 0.25) is 0 Å². The van der Waals surface area contributed by atoms with Gasteiger partial charge in [-0.15, -0.1) is 0 Å². The fourth-order valence-electron chi connectivity index (χ4n) is 2.08. The summed E-state index contributed by atoms with van der Waals surface area (Å²) >= 11 is 0. The summed E-state index contributed by atoms with van der Waals surface area (Å²) in [6.07, 6.45) is 1.10. The highest BCUT2D eigenvalue weighted by molar-refractivity contribution is 5.76. The minimum Gasteiger partial charge on any atom is -0.0683 e. The average Bonchev–Trinajstić information content (AvgIpc) is 2.89. The minimum absolute atomic E-state index is 0.833. The Morgan fingerprint density at radius 1 is 0.619 bits per heavy atom. The normalized spacial score (nSPS) is 9.90. The molecule has 0 heteroatoms. The maximum atomic E-state index is 2.22. The second-order valence-corrected chi connectivity index (χ2v) is 5.22. The molecule has 0 heterocycles. The average molecular weight is 284 g/mol. The van der Waals surface area contributed by atoms with Crippen LogP contribution >= 0.6 is 0 Å². The van der Waals surface area contributed by atoms with Gasteiger partial charge in [0, 0.05) is 0 Å². The van der Waals surface area contributed by atoms with E-state index in [2.05, 4.69) is 69.3 Å². The van der Waals surface area contributed by atoms with Crippen LogP contribution in [0.1, 0.15) is 59.6 Å². The Bertz CT molecular complexity index is 449. The fourth-order valence-corrected chi connectivity index (χ4v) is 2.08. The van der Waals surface area contributed by atoms with Crippen molar-refractivity contribution in [2.75, 3.05) is 0 Å². The number of hydrogen-bond acceptors (Lipinski definition) is 0. The van der Waals surface area contributed by atoms with E-state index in [0.717, 1.165) is 12.3 Å². The Balaban J connectivity index is 0.000000431. The fraction of sp³-hybridized carbons (Fsp3) is 0.429. The molecule has 116 valence electrons. The third kappa shape index (κ3) is 6.16. The predicted octanol–water partition coefficient (Wildman–Crippen LogP) is 6.97. The van der Waals surface area contributed by atoms with E-state index in [0.29, 0.717) is 0 Å². The van der Waals surface area contributed by atoms with E-state index in [4.69, 9.17) is 0 Å². The molecule has 0 nitrogen and oxygen atoms in total. The van der Waals surface area contributed by atoms with E-state index in [-0.39, 0.29) is 0 Å². The van der Waals surface area contributed by atoms with Gasteiger partial charge in [-0.1, -0.05) is 97.0 Å². The van der Waals surface area contributed by atoms with Gasteiger partial charge >= 0.3 is 0 Å². The van der Waals surface area contributed by atoms with Crippen molar-refractivity contribution in [1.82, 2.24) is 0 Å². The highest BCUT2D eigenvalue weighted by Gasteiger charge is 2.15. The van der Waals surface area contributed by atoms with Crippen LogP contribution in [0.2, 0.25) is 0 Å². The summed E-state index contributed by atoms with van der Waals surface area (Å²) in [7, 11) is 0. The molecule has 1 aliphatic carbocycles. The first-order valence-corrected chi connectivity index (χ1v) is 8.34. The first-order valence-electron chi connectivity index (χ1n) is 8.34. The van der Waals surface area contributed by atoms with E-state index in [1.807, 2.05) is 27.7 Å². The molecule has 2 aromatic carbocycles. The van der Waals surface area contributed by atoms with Crippen molar-refractivity contribution in [3.05, 3.63) is 59.7 Å². The Morgan fingerprint density at radius 3 is 1.24 bits per heavy atom. The van der Waals surface area contributed by atoms with Crippen molar-refractivity contribution in [2.45, 2.75) is 54.9 Å². The quantitative estimate of drug-likeness (QED) is 0.418. The zero-order valence-corrected chi connectivity index (χ0v) is 14.9. The summed E-state index contributed by atoms with van der Waals surface area (Å²) in [6.45, 7) is 14.5. The molecule has 0 bridgehead atoms. The number of fused-ring (bicyclic) bond motifs is 3. The predicted molar refractivity (Wildman–Crippen MR) is 97.9 cm³/mol. The largest absolute Gasteiger partial charge is 0.0683 e. The molecule has 0 N–H and O–H groups in total. The number of benzene rings is 2. The second kappa shape index (κ2) is 11.1. The molecule has 1 aliphatic rings. The Labute approximate surface area is 132 Å². The van der Waals surface area contributed by atoms with Crippen molar-refractivity contribution in [3.63, 3.8) is 0 Å². The first kappa shape index (κ1) is 19.4. The van der Waals surface area contributed by atoms with E-state index in [9.17, 15) is 0 Å². The third-order valence-corrected chi connectivity index (χ3v) is 2.71. The Hall–Kier alpha value is -1.56. The molecule has 0 unspecified atom stereocenters. The van der Waals surface area contributed by atoms with Gasteiger partial charge in [0.15, 0.2) is 0 Å². The van der Waals surface area contributed by atoms with Crippen LogP contribution in [-0.2, 0) is 6.42 Å². The highest BCUT2D eigenvalue weighted by Crippen LogP contribution is 2.35. The lowest BCUT2D eigenvalue weighted by atomic mass is 10.1. The van der Waals surface area contributed by atoms with Gasteiger partial charge in [0.05, 0.1) is 0 Å². The lowest BCUT2D eigenvalue weighted by Crippen LogP contribution is -1.77. The molecular weight excluding hydrogens is 252 g/mol. The van der Waals surface area contributed by atoms with Gasteiger partial charge in [0.1, 0.15) is 0 Å².